The maximum Gasteiger partial charge on any atom is 0.319 e. The zero-order valence-electron chi connectivity index (χ0n) is 17.1. The number of rotatable bonds is 5. The van der Waals surface area contributed by atoms with Gasteiger partial charge in [-0.1, -0.05) is 19.9 Å². The van der Waals surface area contributed by atoms with E-state index in [4.69, 9.17) is 0 Å². The van der Waals surface area contributed by atoms with Crippen LogP contribution >= 0.6 is 0 Å². The van der Waals surface area contributed by atoms with Gasteiger partial charge in [-0.15, -0.1) is 0 Å². The fourth-order valence-electron chi connectivity index (χ4n) is 2.72. The van der Waals surface area contributed by atoms with Crippen LogP contribution in [0.3, 0.4) is 0 Å². The number of pyridine rings is 1. The second-order valence-corrected chi connectivity index (χ2v) is 7.32. The molecule has 9 heteroatoms. The molecule has 0 aliphatic carbocycles. The summed E-state index contributed by atoms with van der Waals surface area (Å²) in [4.78, 5) is 26.0. The largest absolute Gasteiger partial charge is 0.349 e. The van der Waals surface area contributed by atoms with E-state index in [9.17, 15) is 22.8 Å². The van der Waals surface area contributed by atoms with Crippen LogP contribution in [0.2, 0.25) is 0 Å². The first-order valence-electron chi connectivity index (χ1n) is 9.60. The Labute approximate surface area is 173 Å². The van der Waals surface area contributed by atoms with Gasteiger partial charge in [-0.2, -0.15) is 4.39 Å². The Kier molecular flexibility index (Phi) is 8.20. The van der Waals surface area contributed by atoms with E-state index in [1.165, 1.54) is 24.3 Å². The number of amides is 3. The fraction of sp³-hybridized carbons (Fsp3) is 0.381. The van der Waals surface area contributed by atoms with E-state index in [1.54, 1.807) is 6.92 Å². The van der Waals surface area contributed by atoms with Crippen LogP contribution in [0.5, 0.6) is 0 Å². The summed E-state index contributed by atoms with van der Waals surface area (Å²) in [5.41, 5.74) is 1.39. The van der Waals surface area contributed by atoms with Crippen molar-refractivity contribution in [3.8, 4) is 0 Å². The molecule has 30 heavy (non-hydrogen) atoms. The zero-order chi connectivity index (χ0) is 22.3. The molecule has 0 bridgehead atoms. The second kappa shape index (κ2) is 10.6. The minimum Gasteiger partial charge on any atom is -0.349 e. The number of carbonyl (C=O) groups is 2. The van der Waals surface area contributed by atoms with Gasteiger partial charge < -0.3 is 16.0 Å². The first-order chi connectivity index (χ1) is 14.2. The highest BCUT2D eigenvalue weighted by atomic mass is 19.1. The van der Waals surface area contributed by atoms with Crippen molar-refractivity contribution >= 4 is 17.6 Å². The van der Waals surface area contributed by atoms with E-state index in [1.807, 2.05) is 13.8 Å². The monoisotopic (exact) mass is 422 g/mol. The predicted octanol–water partition coefficient (Wildman–Crippen LogP) is 4.43. The highest BCUT2D eigenvalue weighted by Crippen LogP contribution is 2.18. The number of carbonyl (C=O) groups excluding carboxylic acids is 2. The summed E-state index contributed by atoms with van der Waals surface area (Å²) in [5.74, 6) is -1.44. The van der Waals surface area contributed by atoms with Crippen LogP contribution in [0, 0.1) is 23.5 Å². The number of nitrogens with zero attached hydrogens (tertiary/aromatic N) is 1. The molecule has 0 saturated carbocycles. The van der Waals surface area contributed by atoms with Gasteiger partial charge in [0.05, 0.1) is 24.0 Å². The van der Waals surface area contributed by atoms with Crippen molar-refractivity contribution < 1.29 is 22.8 Å². The molecule has 1 aliphatic heterocycles. The van der Waals surface area contributed by atoms with Gasteiger partial charge >= 0.3 is 6.03 Å². The number of benzene rings is 1. The van der Waals surface area contributed by atoms with Crippen molar-refractivity contribution in [1.29, 1.82) is 0 Å². The number of halogens is 3. The van der Waals surface area contributed by atoms with Gasteiger partial charge in [0.25, 0.3) is 0 Å². The summed E-state index contributed by atoms with van der Waals surface area (Å²) >= 11 is 0. The number of anilines is 1. The summed E-state index contributed by atoms with van der Waals surface area (Å²) in [5, 5.41) is 7.70. The van der Waals surface area contributed by atoms with Crippen molar-refractivity contribution in [2.75, 3.05) is 5.32 Å². The SMILES string of the molecule is CC(C)CCC(=O)NC(C)c1ccc(F)cc1F.O=C1NCc2nc(F)ccc2N1. The van der Waals surface area contributed by atoms with E-state index < -0.39 is 23.6 Å². The Hall–Kier alpha value is -3.10. The average Bonchev–Trinajstić information content (AvgIpc) is 2.67. The molecule has 1 atom stereocenters. The first-order valence-corrected chi connectivity index (χ1v) is 9.60. The van der Waals surface area contributed by atoms with E-state index in [2.05, 4.69) is 20.9 Å². The van der Waals surface area contributed by atoms with Gasteiger partial charge in [0.15, 0.2) is 0 Å². The zero-order valence-corrected chi connectivity index (χ0v) is 17.1. The van der Waals surface area contributed by atoms with E-state index in [0.717, 1.165) is 12.5 Å². The quantitative estimate of drug-likeness (QED) is 0.623. The molecule has 0 radical (unpaired) electrons. The van der Waals surface area contributed by atoms with Gasteiger partial charge in [-0.05, 0) is 37.5 Å². The lowest BCUT2D eigenvalue weighted by atomic mass is 10.1. The molecule has 162 valence electrons. The molecule has 3 rings (SSSR count). The van der Waals surface area contributed by atoms with Crippen LogP contribution in [0.4, 0.5) is 23.7 Å². The number of nitrogens with one attached hydrogen (secondary N) is 3. The Morgan fingerprint density at radius 1 is 1.17 bits per heavy atom. The lowest BCUT2D eigenvalue weighted by molar-refractivity contribution is -0.122. The highest BCUT2D eigenvalue weighted by molar-refractivity contribution is 5.91. The maximum absolute atomic E-state index is 13.5. The third-order valence-electron chi connectivity index (χ3n) is 4.36. The van der Waals surface area contributed by atoms with Crippen molar-refractivity contribution in [3.05, 3.63) is 59.2 Å². The lowest BCUT2D eigenvalue weighted by Gasteiger charge is -2.16. The normalized spacial score (nSPS) is 13.4. The highest BCUT2D eigenvalue weighted by Gasteiger charge is 2.15. The maximum atomic E-state index is 13.5. The third kappa shape index (κ3) is 7.06. The van der Waals surface area contributed by atoms with Gasteiger partial charge in [0.1, 0.15) is 11.6 Å². The topological polar surface area (TPSA) is 83.1 Å². The van der Waals surface area contributed by atoms with Gasteiger partial charge in [-0.3, -0.25) is 4.79 Å². The number of hydrogen-bond acceptors (Lipinski definition) is 3. The molecule has 0 spiro atoms. The average molecular weight is 422 g/mol. The van der Waals surface area contributed by atoms with E-state index in [0.29, 0.717) is 29.3 Å². The number of hydrogen-bond donors (Lipinski definition) is 3. The standard InChI is InChI=1S/C14H19F2NO.C7H6FN3O/c1-9(2)4-7-14(18)17-10(3)12-6-5-11(15)8-13(12)16;8-6-2-1-4-5(10-6)3-9-7(12)11-4/h5-6,8-10H,4,7H2,1-3H3,(H,17,18);1-2H,3H2,(H2,9,11,12). The van der Waals surface area contributed by atoms with Gasteiger partial charge in [-0.25, -0.2) is 18.6 Å². The van der Waals surface area contributed by atoms with Crippen molar-refractivity contribution in [3.63, 3.8) is 0 Å². The van der Waals surface area contributed by atoms with E-state index in [-0.39, 0.29) is 18.5 Å². The predicted molar refractivity (Wildman–Crippen MR) is 107 cm³/mol. The minimum atomic E-state index is -0.633. The summed E-state index contributed by atoms with van der Waals surface area (Å²) in [6, 6.07) is 5.35. The van der Waals surface area contributed by atoms with Crippen molar-refractivity contribution in [1.82, 2.24) is 15.6 Å². The number of aromatic nitrogens is 1. The van der Waals surface area contributed by atoms with Gasteiger partial charge in [0, 0.05) is 18.1 Å². The Balaban J connectivity index is 0.000000230. The van der Waals surface area contributed by atoms with Gasteiger partial charge in [0.2, 0.25) is 11.9 Å². The molecule has 1 aromatic heterocycles. The van der Waals surface area contributed by atoms with Crippen LogP contribution in [0.1, 0.15) is 50.9 Å². The number of urea groups is 1. The molecule has 3 amide bonds. The first kappa shape index (κ1) is 23.2. The molecule has 1 aliphatic rings. The summed E-state index contributed by atoms with van der Waals surface area (Å²) < 4.78 is 38.8. The third-order valence-corrected chi connectivity index (χ3v) is 4.36. The Morgan fingerprint density at radius 2 is 1.90 bits per heavy atom. The molecule has 3 N–H and O–H groups in total. The molecular weight excluding hydrogens is 397 g/mol. The van der Waals surface area contributed by atoms with Crippen molar-refractivity contribution in [2.45, 2.75) is 46.2 Å². The van der Waals surface area contributed by atoms with E-state index >= 15 is 0 Å². The summed E-state index contributed by atoms with van der Waals surface area (Å²) in [6.07, 6.45) is 1.22. The Morgan fingerprint density at radius 3 is 2.57 bits per heavy atom. The molecule has 1 unspecified atom stereocenters. The van der Waals surface area contributed by atoms with Crippen LogP contribution in [-0.2, 0) is 11.3 Å². The molecule has 2 aromatic rings. The molecule has 0 fully saturated rings. The summed E-state index contributed by atoms with van der Waals surface area (Å²) in [7, 11) is 0. The molecule has 1 aromatic carbocycles. The smallest absolute Gasteiger partial charge is 0.319 e. The lowest BCUT2D eigenvalue weighted by Crippen LogP contribution is -2.34. The summed E-state index contributed by atoms with van der Waals surface area (Å²) in [6.45, 7) is 6.04. The number of fused-ring (bicyclic) bond motifs is 1. The molecule has 0 saturated heterocycles. The minimum absolute atomic E-state index is 0.111. The molecule has 2 heterocycles. The van der Waals surface area contributed by atoms with Crippen LogP contribution in [-0.4, -0.2) is 16.9 Å². The van der Waals surface area contributed by atoms with Crippen molar-refractivity contribution in [2.24, 2.45) is 5.92 Å². The Bertz CT molecular complexity index is 906. The van der Waals surface area contributed by atoms with Crippen LogP contribution in [0.25, 0.3) is 0 Å². The fourth-order valence-corrected chi connectivity index (χ4v) is 2.72. The van der Waals surface area contributed by atoms with Crippen LogP contribution < -0.4 is 16.0 Å². The molecule has 6 nitrogen and oxygen atoms in total. The van der Waals surface area contributed by atoms with Crippen LogP contribution in [0.15, 0.2) is 30.3 Å². The molecular formula is C21H25F3N4O2. The second-order valence-electron chi connectivity index (χ2n) is 7.32.